The van der Waals surface area contributed by atoms with Crippen LogP contribution >= 0.6 is 0 Å². The Balaban J connectivity index is 1.78. The Morgan fingerprint density at radius 1 is 0.500 bits per heavy atom. The van der Waals surface area contributed by atoms with Gasteiger partial charge in [0, 0.05) is 11.8 Å². The molecule has 0 nitrogen and oxygen atoms in total. The van der Waals surface area contributed by atoms with Crippen LogP contribution in [0.2, 0.25) is 0 Å². The van der Waals surface area contributed by atoms with Gasteiger partial charge in [0.15, 0.2) is 0 Å². The van der Waals surface area contributed by atoms with Crippen molar-refractivity contribution >= 4 is 6.08 Å². The van der Waals surface area contributed by atoms with Crippen molar-refractivity contribution in [2.45, 2.75) is 11.8 Å². The maximum atomic E-state index is 2.41. The van der Waals surface area contributed by atoms with Gasteiger partial charge >= 0.3 is 0 Å². The second-order valence-corrected chi connectivity index (χ2v) is 6.18. The van der Waals surface area contributed by atoms with Crippen molar-refractivity contribution in [3.05, 3.63) is 112 Å². The third-order valence-corrected chi connectivity index (χ3v) is 5.05. The van der Waals surface area contributed by atoms with Crippen LogP contribution in [0, 0.1) is 0 Å². The van der Waals surface area contributed by atoms with E-state index in [1.54, 1.807) is 0 Å². The average molecular weight is 280 g/mol. The molecule has 0 aliphatic heterocycles. The lowest BCUT2D eigenvalue weighted by atomic mass is 9.89. The van der Waals surface area contributed by atoms with E-state index in [4.69, 9.17) is 0 Å². The van der Waals surface area contributed by atoms with E-state index in [1.165, 1.54) is 33.4 Å². The van der Waals surface area contributed by atoms with Gasteiger partial charge in [-0.25, -0.2) is 0 Å². The van der Waals surface area contributed by atoms with Crippen molar-refractivity contribution in [2.75, 3.05) is 0 Å². The Kier molecular flexibility index (Phi) is 2.42. The van der Waals surface area contributed by atoms with E-state index in [-0.39, 0.29) is 0 Å². The average Bonchev–Trinajstić information content (AvgIpc) is 3.10. The Morgan fingerprint density at radius 2 is 1.09 bits per heavy atom. The fourth-order valence-electron chi connectivity index (χ4n) is 4.18. The smallest absolute Gasteiger partial charge is 0.0320 e. The molecule has 0 saturated heterocycles. The van der Waals surface area contributed by atoms with E-state index in [2.05, 4.69) is 84.9 Å². The number of allylic oxidation sites excluding steroid dienone is 1. The van der Waals surface area contributed by atoms with E-state index in [9.17, 15) is 0 Å². The predicted molar refractivity (Wildman–Crippen MR) is 91.0 cm³/mol. The van der Waals surface area contributed by atoms with Crippen LogP contribution < -0.4 is 0 Å². The zero-order chi connectivity index (χ0) is 14.5. The van der Waals surface area contributed by atoms with E-state index in [0.29, 0.717) is 11.8 Å². The normalized spacial score (nSPS) is 21.0. The first-order valence-corrected chi connectivity index (χ1v) is 7.87. The minimum absolute atomic E-state index is 0.398. The fraction of sp³-hybridized carbons (Fsp3) is 0.0909. The van der Waals surface area contributed by atoms with Gasteiger partial charge in [0.05, 0.1) is 0 Å². The molecule has 0 heteroatoms. The highest BCUT2D eigenvalue weighted by Gasteiger charge is 2.40. The van der Waals surface area contributed by atoms with Gasteiger partial charge < -0.3 is 0 Å². The second kappa shape index (κ2) is 4.45. The quantitative estimate of drug-likeness (QED) is 0.563. The Labute approximate surface area is 130 Å². The van der Waals surface area contributed by atoms with Crippen molar-refractivity contribution in [3.63, 3.8) is 0 Å². The SMILES string of the molecule is C1=C2C(c3ccccc3)c3ccccc3C2c2ccccc21. The second-order valence-electron chi connectivity index (χ2n) is 6.18. The number of hydrogen-bond donors (Lipinski definition) is 0. The lowest BCUT2D eigenvalue weighted by Crippen LogP contribution is -1.99. The summed E-state index contributed by atoms with van der Waals surface area (Å²) in [6.45, 7) is 0. The van der Waals surface area contributed by atoms with Crippen LogP contribution in [0.1, 0.15) is 39.7 Å². The van der Waals surface area contributed by atoms with Crippen LogP contribution in [0.4, 0.5) is 0 Å². The summed E-state index contributed by atoms with van der Waals surface area (Å²) in [7, 11) is 0. The molecule has 3 aromatic carbocycles. The van der Waals surface area contributed by atoms with Crippen molar-refractivity contribution in [1.82, 2.24) is 0 Å². The number of hydrogen-bond acceptors (Lipinski definition) is 0. The molecule has 0 amide bonds. The number of rotatable bonds is 1. The highest BCUT2D eigenvalue weighted by atomic mass is 14.4. The van der Waals surface area contributed by atoms with Gasteiger partial charge in [-0.2, -0.15) is 0 Å². The first-order chi connectivity index (χ1) is 10.9. The van der Waals surface area contributed by atoms with Gasteiger partial charge in [0.1, 0.15) is 0 Å². The molecule has 2 atom stereocenters. The highest BCUT2D eigenvalue weighted by Crippen LogP contribution is 2.56. The van der Waals surface area contributed by atoms with Crippen LogP contribution in [0.5, 0.6) is 0 Å². The minimum atomic E-state index is 0.398. The summed E-state index contributed by atoms with van der Waals surface area (Å²) in [5.41, 5.74) is 8.73. The molecule has 0 bridgehead atoms. The lowest BCUT2D eigenvalue weighted by molar-refractivity contribution is 0.940. The topological polar surface area (TPSA) is 0 Å². The van der Waals surface area contributed by atoms with E-state index in [1.807, 2.05) is 0 Å². The van der Waals surface area contributed by atoms with Crippen LogP contribution in [0.3, 0.4) is 0 Å². The minimum Gasteiger partial charge on any atom is -0.0622 e. The standard InChI is InChI=1S/C22H16/c1-2-8-15(9-3-1)21-18-12-6-7-13-19(18)22-17-11-5-4-10-16(17)14-20(21)22/h1-14,21-22H. The van der Waals surface area contributed by atoms with Crippen molar-refractivity contribution in [3.8, 4) is 0 Å². The molecular formula is C22H16. The van der Waals surface area contributed by atoms with Crippen molar-refractivity contribution < 1.29 is 0 Å². The van der Waals surface area contributed by atoms with E-state index < -0.39 is 0 Å². The zero-order valence-corrected chi connectivity index (χ0v) is 12.2. The fourth-order valence-corrected chi connectivity index (χ4v) is 4.18. The van der Waals surface area contributed by atoms with Crippen LogP contribution in [-0.2, 0) is 0 Å². The molecule has 3 aromatic rings. The molecule has 22 heavy (non-hydrogen) atoms. The maximum absolute atomic E-state index is 2.41. The van der Waals surface area contributed by atoms with Crippen LogP contribution in [0.25, 0.3) is 6.08 Å². The van der Waals surface area contributed by atoms with Gasteiger partial charge in [-0.15, -0.1) is 0 Å². The lowest BCUT2D eigenvalue weighted by Gasteiger charge is -2.14. The molecule has 0 heterocycles. The van der Waals surface area contributed by atoms with Gasteiger partial charge in [-0.1, -0.05) is 84.9 Å². The van der Waals surface area contributed by atoms with Crippen molar-refractivity contribution in [2.24, 2.45) is 0 Å². The maximum Gasteiger partial charge on any atom is 0.0320 e. The Morgan fingerprint density at radius 3 is 1.86 bits per heavy atom. The number of benzene rings is 3. The molecule has 0 spiro atoms. The third kappa shape index (κ3) is 1.52. The first kappa shape index (κ1) is 12.0. The molecule has 0 aromatic heterocycles. The summed E-state index contributed by atoms with van der Waals surface area (Å²) < 4.78 is 0. The van der Waals surface area contributed by atoms with Crippen LogP contribution in [-0.4, -0.2) is 0 Å². The summed E-state index contributed by atoms with van der Waals surface area (Å²) in [5, 5.41) is 0. The van der Waals surface area contributed by atoms with Crippen LogP contribution in [0.15, 0.2) is 84.4 Å². The Bertz CT molecular complexity index is 872. The molecular weight excluding hydrogens is 264 g/mol. The molecule has 0 saturated carbocycles. The molecule has 104 valence electrons. The summed E-state index contributed by atoms with van der Waals surface area (Å²) >= 11 is 0. The molecule has 0 radical (unpaired) electrons. The van der Waals surface area contributed by atoms with Crippen molar-refractivity contribution in [1.29, 1.82) is 0 Å². The van der Waals surface area contributed by atoms with Gasteiger partial charge in [0.25, 0.3) is 0 Å². The molecule has 0 fully saturated rings. The summed E-state index contributed by atoms with van der Waals surface area (Å²) in [4.78, 5) is 0. The first-order valence-electron chi connectivity index (χ1n) is 7.87. The van der Waals surface area contributed by atoms with Gasteiger partial charge in [0.2, 0.25) is 0 Å². The van der Waals surface area contributed by atoms with Gasteiger partial charge in [-0.05, 0) is 33.4 Å². The molecule has 5 rings (SSSR count). The third-order valence-electron chi connectivity index (χ3n) is 5.05. The Hall–Kier alpha value is -2.60. The summed E-state index contributed by atoms with van der Waals surface area (Å²) in [6.07, 6.45) is 2.41. The van der Waals surface area contributed by atoms with Gasteiger partial charge in [-0.3, -0.25) is 0 Å². The predicted octanol–water partition coefficient (Wildman–Crippen LogP) is 5.36. The highest BCUT2D eigenvalue weighted by molar-refractivity contribution is 5.76. The molecule has 0 N–H and O–H groups in total. The largest absolute Gasteiger partial charge is 0.0622 e. The van der Waals surface area contributed by atoms with E-state index in [0.717, 1.165) is 0 Å². The monoisotopic (exact) mass is 280 g/mol. The summed E-state index contributed by atoms with van der Waals surface area (Å²) in [5.74, 6) is 0.840. The zero-order valence-electron chi connectivity index (χ0n) is 12.2. The molecule has 2 unspecified atom stereocenters. The van der Waals surface area contributed by atoms with E-state index >= 15 is 0 Å². The summed E-state index contributed by atoms with van der Waals surface area (Å²) in [6, 6.07) is 28.7. The molecule has 2 aliphatic rings. The molecule has 2 aliphatic carbocycles. The number of fused-ring (bicyclic) bond motifs is 5.